The summed E-state index contributed by atoms with van der Waals surface area (Å²) in [5, 5.41) is 7.94. The Labute approximate surface area is 153 Å². The number of carbonyl (C=O) groups excluding carboxylic acids is 1. The standard InChI is InChI=1S/C20H14F2N4O/c1-12-16-10-14(24-20(27)13-7-8-17(21)18(22)9-13)11-23-19(16)26(25-12)15-5-3-2-4-6-15/h2-11H,1H3,(H,24,27). The molecule has 0 atom stereocenters. The molecule has 7 heteroatoms. The third-order valence-electron chi connectivity index (χ3n) is 4.15. The van der Waals surface area contributed by atoms with E-state index in [1.54, 1.807) is 10.7 Å². The molecule has 0 saturated carbocycles. The van der Waals surface area contributed by atoms with Gasteiger partial charge >= 0.3 is 0 Å². The van der Waals surface area contributed by atoms with E-state index >= 15 is 0 Å². The number of aryl methyl sites for hydroxylation is 1. The quantitative estimate of drug-likeness (QED) is 0.591. The van der Waals surface area contributed by atoms with Crippen LogP contribution in [0.5, 0.6) is 0 Å². The molecule has 0 aliphatic heterocycles. The molecule has 5 nitrogen and oxygen atoms in total. The van der Waals surface area contributed by atoms with E-state index in [0.717, 1.165) is 28.9 Å². The van der Waals surface area contributed by atoms with Crippen molar-refractivity contribution in [1.82, 2.24) is 14.8 Å². The first-order chi connectivity index (χ1) is 13.0. The average Bonchev–Trinajstić information content (AvgIpc) is 3.01. The summed E-state index contributed by atoms with van der Waals surface area (Å²) in [7, 11) is 0. The Kier molecular flexibility index (Phi) is 4.12. The van der Waals surface area contributed by atoms with Crippen molar-refractivity contribution in [2.75, 3.05) is 5.32 Å². The van der Waals surface area contributed by atoms with Gasteiger partial charge in [0.1, 0.15) is 0 Å². The van der Waals surface area contributed by atoms with Gasteiger partial charge in [0, 0.05) is 10.9 Å². The molecule has 0 radical (unpaired) electrons. The monoisotopic (exact) mass is 364 g/mol. The van der Waals surface area contributed by atoms with Gasteiger partial charge in [0.05, 0.1) is 23.3 Å². The molecule has 0 bridgehead atoms. The number of pyridine rings is 1. The molecule has 2 heterocycles. The minimum Gasteiger partial charge on any atom is -0.321 e. The molecular weight excluding hydrogens is 350 g/mol. The van der Waals surface area contributed by atoms with Crippen LogP contribution in [0.25, 0.3) is 16.7 Å². The Hall–Kier alpha value is -3.61. The molecule has 0 saturated heterocycles. The highest BCUT2D eigenvalue weighted by molar-refractivity contribution is 6.04. The van der Waals surface area contributed by atoms with Crippen LogP contribution < -0.4 is 5.32 Å². The van der Waals surface area contributed by atoms with Gasteiger partial charge < -0.3 is 5.32 Å². The highest BCUT2D eigenvalue weighted by atomic mass is 19.2. The van der Waals surface area contributed by atoms with E-state index in [1.807, 2.05) is 37.3 Å². The SMILES string of the molecule is Cc1nn(-c2ccccc2)c2ncc(NC(=O)c3ccc(F)c(F)c3)cc12. The number of hydrogen-bond donors (Lipinski definition) is 1. The number of aromatic nitrogens is 3. The first kappa shape index (κ1) is 16.8. The summed E-state index contributed by atoms with van der Waals surface area (Å²) in [5.41, 5.74) is 2.75. The summed E-state index contributed by atoms with van der Waals surface area (Å²) in [6, 6.07) is 14.3. The highest BCUT2D eigenvalue weighted by Crippen LogP contribution is 2.23. The summed E-state index contributed by atoms with van der Waals surface area (Å²) in [6.45, 7) is 1.85. The molecule has 27 heavy (non-hydrogen) atoms. The van der Waals surface area contributed by atoms with Crippen LogP contribution in [-0.2, 0) is 0 Å². The molecule has 0 fully saturated rings. The lowest BCUT2D eigenvalue weighted by Crippen LogP contribution is -2.12. The minimum absolute atomic E-state index is 0.0192. The first-order valence-corrected chi connectivity index (χ1v) is 8.20. The van der Waals surface area contributed by atoms with Gasteiger partial charge in [0.25, 0.3) is 5.91 Å². The number of halogens is 2. The molecule has 0 unspecified atom stereocenters. The second-order valence-corrected chi connectivity index (χ2v) is 6.01. The van der Waals surface area contributed by atoms with Crippen LogP contribution in [0, 0.1) is 18.6 Å². The van der Waals surface area contributed by atoms with Gasteiger partial charge in [-0.15, -0.1) is 0 Å². The van der Waals surface area contributed by atoms with Gasteiger partial charge in [0.15, 0.2) is 17.3 Å². The number of anilines is 1. The fourth-order valence-electron chi connectivity index (χ4n) is 2.80. The third kappa shape index (κ3) is 3.15. The van der Waals surface area contributed by atoms with Crippen molar-refractivity contribution in [2.45, 2.75) is 6.92 Å². The maximum absolute atomic E-state index is 13.3. The zero-order valence-corrected chi connectivity index (χ0v) is 14.3. The number of nitrogens with zero attached hydrogens (tertiary/aromatic N) is 3. The smallest absolute Gasteiger partial charge is 0.255 e. The van der Waals surface area contributed by atoms with E-state index in [9.17, 15) is 13.6 Å². The van der Waals surface area contributed by atoms with Crippen LogP contribution in [0.4, 0.5) is 14.5 Å². The van der Waals surface area contributed by atoms with E-state index in [0.29, 0.717) is 11.3 Å². The molecule has 134 valence electrons. The summed E-state index contributed by atoms with van der Waals surface area (Å²) in [6.07, 6.45) is 1.50. The number of amides is 1. The van der Waals surface area contributed by atoms with Crippen molar-refractivity contribution in [3.8, 4) is 5.69 Å². The summed E-state index contributed by atoms with van der Waals surface area (Å²) in [5.74, 6) is -2.63. The predicted octanol–water partition coefficient (Wildman–Crippen LogP) is 4.26. The Morgan fingerprint density at radius 3 is 2.56 bits per heavy atom. The van der Waals surface area contributed by atoms with Crippen molar-refractivity contribution < 1.29 is 13.6 Å². The van der Waals surface area contributed by atoms with Crippen LogP contribution in [-0.4, -0.2) is 20.7 Å². The van der Waals surface area contributed by atoms with Gasteiger partial charge in [-0.1, -0.05) is 18.2 Å². The topological polar surface area (TPSA) is 59.8 Å². The van der Waals surface area contributed by atoms with E-state index < -0.39 is 17.5 Å². The van der Waals surface area contributed by atoms with Gasteiger partial charge in [-0.05, 0) is 43.3 Å². The van der Waals surface area contributed by atoms with Crippen molar-refractivity contribution in [3.05, 3.63) is 83.7 Å². The lowest BCUT2D eigenvalue weighted by atomic mass is 10.2. The Morgan fingerprint density at radius 1 is 1.04 bits per heavy atom. The number of nitrogens with one attached hydrogen (secondary N) is 1. The van der Waals surface area contributed by atoms with Crippen molar-refractivity contribution in [3.63, 3.8) is 0 Å². The lowest BCUT2D eigenvalue weighted by molar-refractivity contribution is 0.102. The molecule has 4 aromatic rings. The van der Waals surface area contributed by atoms with Crippen molar-refractivity contribution in [2.24, 2.45) is 0 Å². The first-order valence-electron chi connectivity index (χ1n) is 8.20. The molecule has 4 rings (SSSR count). The lowest BCUT2D eigenvalue weighted by Gasteiger charge is -2.06. The largest absolute Gasteiger partial charge is 0.321 e. The number of carbonyl (C=O) groups is 1. The van der Waals surface area contributed by atoms with E-state index in [1.165, 1.54) is 12.3 Å². The molecule has 1 N–H and O–H groups in total. The zero-order valence-electron chi connectivity index (χ0n) is 14.3. The zero-order chi connectivity index (χ0) is 19.0. The van der Waals surface area contributed by atoms with Gasteiger partial charge in [-0.25, -0.2) is 18.4 Å². The van der Waals surface area contributed by atoms with E-state index in [4.69, 9.17) is 0 Å². The second kappa shape index (κ2) is 6.60. The molecule has 0 spiro atoms. The normalized spacial score (nSPS) is 10.9. The number of fused-ring (bicyclic) bond motifs is 1. The van der Waals surface area contributed by atoms with Crippen LogP contribution >= 0.6 is 0 Å². The van der Waals surface area contributed by atoms with E-state index in [-0.39, 0.29) is 5.56 Å². The average molecular weight is 364 g/mol. The van der Waals surface area contributed by atoms with Crippen LogP contribution in [0.3, 0.4) is 0 Å². The Balaban J connectivity index is 1.67. The number of para-hydroxylation sites is 1. The fraction of sp³-hybridized carbons (Fsp3) is 0.0500. The highest BCUT2D eigenvalue weighted by Gasteiger charge is 2.14. The van der Waals surface area contributed by atoms with Gasteiger partial charge in [0.2, 0.25) is 0 Å². The molecule has 2 aromatic carbocycles. The third-order valence-corrected chi connectivity index (χ3v) is 4.15. The van der Waals surface area contributed by atoms with Crippen molar-refractivity contribution >= 4 is 22.6 Å². The minimum atomic E-state index is -1.07. The summed E-state index contributed by atoms with van der Waals surface area (Å²) >= 11 is 0. The number of benzene rings is 2. The van der Waals surface area contributed by atoms with Gasteiger partial charge in [-0.2, -0.15) is 5.10 Å². The van der Waals surface area contributed by atoms with E-state index in [2.05, 4.69) is 15.4 Å². The van der Waals surface area contributed by atoms with Gasteiger partial charge in [-0.3, -0.25) is 4.79 Å². The molecular formula is C20H14F2N4O. The fourth-order valence-corrected chi connectivity index (χ4v) is 2.80. The molecule has 2 aromatic heterocycles. The van der Waals surface area contributed by atoms with Crippen LogP contribution in [0.1, 0.15) is 16.1 Å². The number of rotatable bonds is 3. The maximum Gasteiger partial charge on any atom is 0.255 e. The van der Waals surface area contributed by atoms with Crippen LogP contribution in [0.2, 0.25) is 0 Å². The molecule has 0 aliphatic carbocycles. The molecule has 0 aliphatic rings. The summed E-state index contributed by atoms with van der Waals surface area (Å²) in [4.78, 5) is 16.7. The number of hydrogen-bond acceptors (Lipinski definition) is 3. The molecule has 1 amide bonds. The maximum atomic E-state index is 13.3. The Morgan fingerprint density at radius 2 is 1.81 bits per heavy atom. The predicted molar refractivity (Wildman–Crippen MR) is 97.9 cm³/mol. The summed E-state index contributed by atoms with van der Waals surface area (Å²) < 4.78 is 28.1. The van der Waals surface area contributed by atoms with Crippen molar-refractivity contribution in [1.29, 1.82) is 0 Å². The Bertz CT molecular complexity index is 1160. The second-order valence-electron chi connectivity index (χ2n) is 6.01. The van der Waals surface area contributed by atoms with Crippen LogP contribution in [0.15, 0.2) is 60.8 Å².